The summed E-state index contributed by atoms with van der Waals surface area (Å²) < 4.78 is 2.26. The van der Waals surface area contributed by atoms with Gasteiger partial charge in [0.25, 0.3) is 0 Å². The van der Waals surface area contributed by atoms with E-state index in [2.05, 4.69) is 33.1 Å². The molecule has 5 rings (SSSR count). The van der Waals surface area contributed by atoms with Crippen LogP contribution in [0.5, 0.6) is 0 Å². The highest BCUT2D eigenvalue weighted by Gasteiger charge is 2.42. The summed E-state index contributed by atoms with van der Waals surface area (Å²) in [7, 11) is 0. The number of carbonyl (C=O) groups is 1. The average molecular weight is 400 g/mol. The van der Waals surface area contributed by atoms with Gasteiger partial charge in [0.2, 0.25) is 5.91 Å². The third kappa shape index (κ3) is 3.86. The fourth-order valence-electron chi connectivity index (χ4n) is 5.70. The summed E-state index contributed by atoms with van der Waals surface area (Å²) in [6.45, 7) is 10.8. The minimum atomic E-state index is -0.132. The molecule has 6 heteroatoms. The molecule has 1 aromatic heterocycles. The lowest BCUT2D eigenvalue weighted by Gasteiger charge is -2.42. The first-order valence-corrected chi connectivity index (χ1v) is 11.9. The van der Waals surface area contributed by atoms with Gasteiger partial charge in [0.1, 0.15) is 6.04 Å². The zero-order chi connectivity index (χ0) is 20.0. The van der Waals surface area contributed by atoms with Crippen LogP contribution in [0.1, 0.15) is 75.8 Å². The van der Waals surface area contributed by atoms with Crippen molar-refractivity contribution >= 4 is 5.91 Å². The van der Waals surface area contributed by atoms with E-state index >= 15 is 0 Å². The van der Waals surface area contributed by atoms with Gasteiger partial charge in [-0.3, -0.25) is 9.69 Å². The smallest absolute Gasteiger partial charge is 0.246 e. The number of hydrogen-bond donors (Lipinski definition) is 0. The summed E-state index contributed by atoms with van der Waals surface area (Å²) >= 11 is 0. The Bertz CT molecular complexity index is 726. The highest BCUT2D eigenvalue weighted by Crippen LogP contribution is 2.38. The van der Waals surface area contributed by atoms with Crippen LogP contribution in [-0.2, 0) is 11.2 Å². The lowest BCUT2D eigenvalue weighted by Crippen LogP contribution is -2.51. The molecule has 1 aliphatic carbocycles. The van der Waals surface area contributed by atoms with E-state index in [0.29, 0.717) is 18.0 Å². The summed E-state index contributed by atoms with van der Waals surface area (Å²) in [6, 6.07) is 0.892. The van der Waals surface area contributed by atoms with Crippen LogP contribution in [0, 0.1) is 5.92 Å². The van der Waals surface area contributed by atoms with Gasteiger partial charge >= 0.3 is 0 Å². The van der Waals surface area contributed by atoms with Crippen LogP contribution in [0.15, 0.2) is 6.33 Å². The second-order valence-electron chi connectivity index (χ2n) is 9.97. The molecule has 0 aromatic carbocycles. The maximum atomic E-state index is 13.9. The molecular formula is C23H37N5O. The Balaban J connectivity index is 1.35. The third-order valence-corrected chi connectivity index (χ3v) is 7.58. The molecule has 2 saturated heterocycles. The van der Waals surface area contributed by atoms with Gasteiger partial charge in [-0.15, -0.1) is 0 Å². The minimum Gasteiger partial charge on any atom is -0.341 e. The van der Waals surface area contributed by atoms with E-state index in [-0.39, 0.29) is 6.04 Å². The van der Waals surface area contributed by atoms with Crippen molar-refractivity contribution in [3.63, 3.8) is 0 Å². The molecule has 4 heterocycles. The molecule has 3 aliphatic heterocycles. The molecular weight excluding hydrogens is 362 g/mol. The Labute approximate surface area is 175 Å². The molecule has 6 nitrogen and oxygen atoms in total. The number of piperidine rings is 1. The average Bonchev–Trinajstić information content (AvgIpc) is 3.20. The monoisotopic (exact) mass is 399 g/mol. The first kappa shape index (κ1) is 19.6. The van der Waals surface area contributed by atoms with E-state index in [9.17, 15) is 4.79 Å². The van der Waals surface area contributed by atoms with Crippen molar-refractivity contribution in [2.45, 2.75) is 76.9 Å². The zero-order valence-corrected chi connectivity index (χ0v) is 18.2. The maximum absolute atomic E-state index is 13.9. The van der Waals surface area contributed by atoms with E-state index in [1.54, 1.807) is 0 Å². The molecule has 3 fully saturated rings. The van der Waals surface area contributed by atoms with Crippen molar-refractivity contribution in [1.29, 1.82) is 0 Å². The Morgan fingerprint density at radius 1 is 1.07 bits per heavy atom. The Hall–Kier alpha value is -1.40. The highest BCUT2D eigenvalue weighted by molar-refractivity contribution is 5.83. The largest absolute Gasteiger partial charge is 0.341 e. The van der Waals surface area contributed by atoms with Gasteiger partial charge in [0.15, 0.2) is 0 Å². The van der Waals surface area contributed by atoms with E-state index in [1.807, 2.05) is 6.33 Å². The minimum absolute atomic E-state index is 0.132. The molecule has 1 amide bonds. The van der Waals surface area contributed by atoms with Crippen LogP contribution in [0.25, 0.3) is 0 Å². The second-order valence-corrected chi connectivity index (χ2v) is 9.97. The van der Waals surface area contributed by atoms with Gasteiger partial charge in [0.05, 0.1) is 17.7 Å². The van der Waals surface area contributed by atoms with Crippen LogP contribution < -0.4 is 0 Å². The number of rotatable bonds is 5. The van der Waals surface area contributed by atoms with E-state index in [4.69, 9.17) is 4.98 Å². The van der Waals surface area contributed by atoms with Crippen LogP contribution in [0.3, 0.4) is 0 Å². The number of likely N-dealkylation sites (tertiary alicyclic amines) is 2. The molecule has 0 bridgehead atoms. The van der Waals surface area contributed by atoms with Crippen LogP contribution >= 0.6 is 0 Å². The molecule has 0 N–H and O–H groups in total. The van der Waals surface area contributed by atoms with Gasteiger partial charge in [-0.05, 0) is 71.4 Å². The maximum Gasteiger partial charge on any atom is 0.246 e. The number of imidazole rings is 1. The third-order valence-electron chi connectivity index (χ3n) is 7.58. The number of amides is 1. The van der Waals surface area contributed by atoms with E-state index in [0.717, 1.165) is 57.1 Å². The van der Waals surface area contributed by atoms with Gasteiger partial charge in [-0.1, -0.05) is 0 Å². The Morgan fingerprint density at radius 2 is 1.79 bits per heavy atom. The summed E-state index contributed by atoms with van der Waals surface area (Å²) in [5.74, 6) is 1.12. The zero-order valence-electron chi connectivity index (χ0n) is 18.2. The standard InChI is InChI=1S/C23H37N5O/c1-17(2)28-16-24-20-9-14-27(15-18-5-6-18)22(21(20)28)23(29)26-12-7-19(8-13-26)25-10-3-4-11-25/h16-19,22H,3-15H2,1-2H3. The van der Waals surface area contributed by atoms with Crippen LogP contribution in [0.2, 0.25) is 0 Å². The quantitative estimate of drug-likeness (QED) is 0.764. The van der Waals surface area contributed by atoms with Crippen LogP contribution in [0.4, 0.5) is 0 Å². The van der Waals surface area contributed by atoms with Crippen molar-refractivity contribution in [3.05, 3.63) is 17.7 Å². The first-order chi connectivity index (χ1) is 14.1. The normalized spacial score (nSPS) is 27.0. The Kier molecular flexibility index (Phi) is 5.41. The van der Waals surface area contributed by atoms with Crippen molar-refractivity contribution in [3.8, 4) is 0 Å². The van der Waals surface area contributed by atoms with Crippen molar-refractivity contribution in [1.82, 2.24) is 24.3 Å². The fourth-order valence-corrected chi connectivity index (χ4v) is 5.70. The molecule has 4 aliphatic rings. The van der Waals surface area contributed by atoms with Crippen molar-refractivity contribution in [2.75, 3.05) is 39.3 Å². The molecule has 1 saturated carbocycles. The number of fused-ring (bicyclic) bond motifs is 1. The topological polar surface area (TPSA) is 44.6 Å². The summed E-state index contributed by atoms with van der Waals surface area (Å²) in [5, 5.41) is 0. The van der Waals surface area contributed by atoms with Gasteiger partial charge < -0.3 is 14.4 Å². The molecule has 1 aromatic rings. The molecule has 160 valence electrons. The van der Waals surface area contributed by atoms with E-state index in [1.165, 1.54) is 44.5 Å². The first-order valence-electron chi connectivity index (χ1n) is 11.9. The fraction of sp³-hybridized carbons (Fsp3) is 0.826. The Morgan fingerprint density at radius 3 is 2.45 bits per heavy atom. The summed E-state index contributed by atoms with van der Waals surface area (Å²) in [5.41, 5.74) is 2.33. The molecule has 29 heavy (non-hydrogen) atoms. The number of aromatic nitrogens is 2. The number of nitrogens with zero attached hydrogens (tertiary/aromatic N) is 5. The predicted octanol–water partition coefficient (Wildman–Crippen LogP) is 2.86. The van der Waals surface area contributed by atoms with Gasteiger partial charge in [-0.25, -0.2) is 4.98 Å². The predicted molar refractivity (Wildman–Crippen MR) is 114 cm³/mol. The molecule has 0 radical (unpaired) electrons. The van der Waals surface area contributed by atoms with Crippen LogP contribution in [-0.4, -0.2) is 75.5 Å². The van der Waals surface area contributed by atoms with Crippen molar-refractivity contribution in [2.24, 2.45) is 5.92 Å². The number of carbonyl (C=O) groups excluding carboxylic acids is 1. The lowest BCUT2D eigenvalue weighted by atomic mass is 9.97. The SMILES string of the molecule is CC(C)n1cnc2c1C(C(=O)N1CCC(N3CCCC3)CC1)N(CC1CC1)CC2. The highest BCUT2D eigenvalue weighted by atomic mass is 16.2. The number of hydrogen-bond acceptors (Lipinski definition) is 4. The summed E-state index contributed by atoms with van der Waals surface area (Å²) in [4.78, 5) is 25.9. The molecule has 1 atom stereocenters. The second kappa shape index (κ2) is 8.03. The molecule has 0 spiro atoms. The van der Waals surface area contributed by atoms with E-state index < -0.39 is 0 Å². The van der Waals surface area contributed by atoms with Crippen molar-refractivity contribution < 1.29 is 4.79 Å². The molecule has 1 unspecified atom stereocenters. The lowest BCUT2D eigenvalue weighted by molar-refractivity contribution is -0.139. The summed E-state index contributed by atoms with van der Waals surface area (Å²) in [6.07, 6.45) is 10.6. The van der Waals surface area contributed by atoms with Gasteiger partial charge in [0, 0.05) is 44.7 Å². The van der Waals surface area contributed by atoms with Gasteiger partial charge in [-0.2, -0.15) is 0 Å².